The molecule has 23 heavy (non-hydrogen) atoms. The van der Waals surface area contributed by atoms with Crippen molar-refractivity contribution in [2.75, 3.05) is 32.0 Å². The topological polar surface area (TPSA) is 66.3 Å². The third-order valence-corrected chi connectivity index (χ3v) is 4.37. The number of amides is 2. The number of nitrogens with zero attached hydrogens (tertiary/aromatic N) is 5. The van der Waals surface area contributed by atoms with Crippen molar-refractivity contribution >= 4 is 11.7 Å². The second kappa shape index (κ2) is 6.37. The third kappa shape index (κ3) is 3.19. The molecule has 1 N–H and O–H groups in total. The molecule has 1 aliphatic heterocycles. The van der Waals surface area contributed by atoms with Crippen LogP contribution in [0.5, 0.6) is 0 Å². The molecule has 0 unspecified atom stereocenters. The summed E-state index contributed by atoms with van der Waals surface area (Å²) in [6, 6.07) is 1.90. The van der Waals surface area contributed by atoms with Gasteiger partial charge in [0.15, 0.2) is 0 Å². The Bertz CT molecular complexity index is 697. The molecule has 1 aliphatic rings. The van der Waals surface area contributed by atoms with Crippen molar-refractivity contribution in [2.24, 2.45) is 7.05 Å². The second-order valence-electron chi connectivity index (χ2n) is 5.96. The Labute approximate surface area is 135 Å². The maximum Gasteiger partial charge on any atom is 0.322 e. The van der Waals surface area contributed by atoms with Crippen molar-refractivity contribution in [3.05, 3.63) is 42.2 Å². The maximum absolute atomic E-state index is 12.6. The van der Waals surface area contributed by atoms with E-state index in [1.54, 1.807) is 18.6 Å². The summed E-state index contributed by atoms with van der Waals surface area (Å²) >= 11 is 0. The highest BCUT2D eigenvalue weighted by Crippen LogP contribution is 2.23. The van der Waals surface area contributed by atoms with E-state index in [0.29, 0.717) is 13.1 Å². The van der Waals surface area contributed by atoms with Crippen LogP contribution in [0.4, 0.5) is 10.5 Å². The van der Waals surface area contributed by atoms with Gasteiger partial charge < -0.3 is 14.8 Å². The third-order valence-electron chi connectivity index (χ3n) is 4.37. The molecule has 2 aromatic heterocycles. The van der Waals surface area contributed by atoms with E-state index in [2.05, 4.69) is 27.2 Å². The molecule has 2 amide bonds. The smallest absolute Gasteiger partial charge is 0.322 e. The summed E-state index contributed by atoms with van der Waals surface area (Å²) < 4.78 is 2.01. The Morgan fingerprint density at radius 3 is 2.83 bits per heavy atom. The van der Waals surface area contributed by atoms with E-state index >= 15 is 0 Å². The summed E-state index contributed by atoms with van der Waals surface area (Å²) in [5.74, 6) is 0.975. The van der Waals surface area contributed by atoms with Gasteiger partial charge in [0, 0.05) is 45.3 Å². The Morgan fingerprint density at radius 1 is 1.30 bits per heavy atom. The number of aryl methyl sites for hydroxylation is 2. The van der Waals surface area contributed by atoms with Gasteiger partial charge in [0.05, 0.1) is 17.9 Å². The Hall–Kier alpha value is -2.41. The molecule has 3 rings (SSSR count). The molecule has 2 aromatic rings. The van der Waals surface area contributed by atoms with Crippen molar-refractivity contribution in [1.82, 2.24) is 24.3 Å². The molecule has 0 spiro atoms. The van der Waals surface area contributed by atoms with Gasteiger partial charge in [-0.15, -0.1) is 0 Å². The molecule has 1 fully saturated rings. The van der Waals surface area contributed by atoms with Crippen LogP contribution in [0.1, 0.15) is 17.4 Å². The summed E-state index contributed by atoms with van der Waals surface area (Å²) in [5.41, 5.74) is 1.76. The number of anilines is 1. The van der Waals surface area contributed by atoms with Gasteiger partial charge in [0.1, 0.15) is 5.82 Å². The number of likely N-dealkylation sites (N-methyl/N-ethyl adjacent to an activating group) is 1. The number of pyridine rings is 1. The zero-order chi connectivity index (χ0) is 16.4. The van der Waals surface area contributed by atoms with Crippen molar-refractivity contribution in [2.45, 2.75) is 13.0 Å². The number of hydrogen-bond donors (Lipinski definition) is 1. The average molecular weight is 314 g/mol. The number of rotatable bonds is 2. The van der Waals surface area contributed by atoms with E-state index in [1.807, 2.05) is 35.7 Å². The van der Waals surface area contributed by atoms with Crippen LogP contribution in [-0.2, 0) is 7.05 Å². The first-order chi connectivity index (χ1) is 11.1. The van der Waals surface area contributed by atoms with Crippen molar-refractivity contribution in [3.8, 4) is 0 Å². The molecule has 7 nitrogen and oxygen atoms in total. The van der Waals surface area contributed by atoms with Crippen LogP contribution >= 0.6 is 0 Å². The number of aromatic nitrogens is 3. The average Bonchev–Trinajstić information content (AvgIpc) is 2.96. The molecule has 3 heterocycles. The number of carbonyl (C=O) groups excluding carboxylic acids is 1. The van der Waals surface area contributed by atoms with Crippen LogP contribution in [0.15, 0.2) is 30.9 Å². The zero-order valence-corrected chi connectivity index (χ0v) is 13.7. The lowest BCUT2D eigenvalue weighted by Crippen LogP contribution is -2.50. The first kappa shape index (κ1) is 15.5. The Morgan fingerprint density at radius 2 is 2.13 bits per heavy atom. The van der Waals surface area contributed by atoms with Gasteiger partial charge in [0.2, 0.25) is 0 Å². The second-order valence-corrected chi connectivity index (χ2v) is 5.96. The fourth-order valence-corrected chi connectivity index (χ4v) is 2.82. The van der Waals surface area contributed by atoms with Gasteiger partial charge in [-0.1, -0.05) is 0 Å². The lowest BCUT2D eigenvalue weighted by atomic mass is 10.1. The highest BCUT2D eigenvalue weighted by Gasteiger charge is 2.30. The number of urea groups is 1. The van der Waals surface area contributed by atoms with Crippen molar-refractivity contribution in [3.63, 3.8) is 0 Å². The first-order valence-corrected chi connectivity index (χ1v) is 7.70. The van der Waals surface area contributed by atoms with E-state index in [9.17, 15) is 4.79 Å². The molecule has 0 radical (unpaired) electrons. The fraction of sp³-hybridized carbons (Fsp3) is 0.438. The lowest BCUT2D eigenvalue weighted by molar-refractivity contribution is 0.110. The minimum atomic E-state index is -0.0894. The van der Waals surface area contributed by atoms with Gasteiger partial charge in [-0.3, -0.25) is 9.88 Å². The van der Waals surface area contributed by atoms with Gasteiger partial charge in [-0.2, -0.15) is 0 Å². The quantitative estimate of drug-likeness (QED) is 0.915. The Kier molecular flexibility index (Phi) is 4.29. The molecule has 7 heteroatoms. The molecule has 122 valence electrons. The number of hydrogen-bond acceptors (Lipinski definition) is 4. The van der Waals surface area contributed by atoms with Gasteiger partial charge in [0.25, 0.3) is 0 Å². The van der Waals surface area contributed by atoms with Crippen LogP contribution in [-0.4, -0.2) is 57.0 Å². The largest absolute Gasteiger partial charge is 0.337 e. The van der Waals surface area contributed by atoms with Crippen LogP contribution in [0.25, 0.3) is 0 Å². The highest BCUT2D eigenvalue weighted by molar-refractivity contribution is 5.90. The summed E-state index contributed by atoms with van der Waals surface area (Å²) in [5, 5.41) is 2.95. The van der Waals surface area contributed by atoms with Crippen LogP contribution in [0.2, 0.25) is 0 Å². The lowest BCUT2D eigenvalue weighted by Gasteiger charge is -2.38. The van der Waals surface area contributed by atoms with E-state index in [0.717, 1.165) is 23.6 Å². The minimum absolute atomic E-state index is 0.0894. The van der Waals surface area contributed by atoms with E-state index < -0.39 is 0 Å². The molecule has 0 bridgehead atoms. The number of imidazole rings is 1. The molecule has 1 atom stereocenters. The van der Waals surface area contributed by atoms with Crippen LogP contribution in [0, 0.1) is 6.92 Å². The molecular weight excluding hydrogens is 292 g/mol. The van der Waals surface area contributed by atoms with Crippen LogP contribution < -0.4 is 5.32 Å². The molecule has 0 saturated carbocycles. The van der Waals surface area contributed by atoms with Gasteiger partial charge >= 0.3 is 6.03 Å². The highest BCUT2D eigenvalue weighted by atomic mass is 16.2. The number of carbonyl (C=O) groups is 1. The maximum atomic E-state index is 12.6. The van der Waals surface area contributed by atoms with Gasteiger partial charge in [-0.25, -0.2) is 9.78 Å². The molecule has 0 aromatic carbocycles. The van der Waals surface area contributed by atoms with Gasteiger partial charge in [-0.05, 0) is 25.6 Å². The monoisotopic (exact) mass is 314 g/mol. The minimum Gasteiger partial charge on any atom is -0.337 e. The summed E-state index contributed by atoms with van der Waals surface area (Å²) in [6.07, 6.45) is 7.12. The zero-order valence-electron chi connectivity index (χ0n) is 13.7. The number of piperazine rings is 1. The molecule has 1 saturated heterocycles. The first-order valence-electron chi connectivity index (χ1n) is 7.70. The summed E-state index contributed by atoms with van der Waals surface area (Å²) in [7, 11) is 4.05. The van der Waals surface area contributed by atoms with E-state index in [4.69, 9.17) is 0 Å². The van der Waals surface area contributed by atoms with Crippen molar-refractivity contribution < 1.29 is 4.79 Å². The number of nitrogens with one attached hydrogen (secondary N) is 1. The molecular formula is C16H22N6O. The van der Waals surface area contributed by atoms with Crippen LogP contribution in [0.3, 0.4) is 0 Å². The SMILES string of the molecule is Cc1ccncc1NC(=O)N1CCN(C)[C@H](c2nccn2C)C1. The van der Waals surface area contributed by atoms with Crippen molar-refractivity contribution in [1.29, 1.82) is 0 Å². The normalized spacial score (nSPS) is 18.9. The standard InChI is InChI=1S/C16H22N6O/c1-12-4-5-17-10-13(12)19-16(23)22-9-8-20(2)14(11-22)15-18-6-7-21(15)3/h4-7,10,14H,8-9,11H2,1-3H3,(H,19,23)/t14-/m0/s1. The predicted molar refractivity (Wildman–Crippen MR) is 88.1 cm³/mol. The van der Waals surface area contributed by atoms with E-state index in [1.165, 1.54) is 0 Å². The Balaban J connectivity index is 1.72. The predicted octanol–water partition coefficient (Wildman–Crippen LogP) is 1.64. The summed E-state index contributed by atoms with van der Waals surface area (Å²) in [4.78, 5) is 25.1. The molecule has 0 aliphatic carbocycles. The fourth-order valence-electron chi connectivity index (χ4n) is 2.82. The summed E-state index contributed by atoms with van der Waals surface area (Å²) in [6.45, 7) is 4.09. The van der Waals surface area contributed by atoms with E-state index in [-0.39, 0.29) is 12.1 Å².